The maximum Gasteiger partial charge on any atom is 0.236 e. The molecule has 0 spiro atoms. The number of likely N-dealkylation sites (N-methyl/N-ethyl adjacent to an activating group) is 1. The predicted octanol–water partition coefficient (Wildman–Crippen LogP) is 2.09. The van der Waals surface area contributed by atoms with E-state index in [0.29, 0.717) is 6.54 Å². The van der Waals surface area contributed by atoms with Crippen LogP contribution in [0, 0.1) is 0 Å². The topological polar surface area (TPSA) is 39.7 Å². The second kappa shape index (κ2) is 7.47. The fraction of sp³-hybridized carbons (Fsp3) is 0.444. The molecule has 1 saturated heterocycles. The van der Waals surface area contributed by atoms with Gasteiger partial charge in [0.1, 0.15) is 0 Å². The average molecular weight is 347 g/mol. The Balaban J connectivity index is 1.65. The molecule has 0 saturated carbocycles. The Morgan fingerprint density at radius 1 is 1.17 bits per heavy atom. The molecule has 1 aromatic heterocycles. The largest absolute Gasteiger partial charge is 0.348 e. The average Bonchev–Trinajstić information content (AvgIpc) is 2.59. The zero-order chi connectivity index (χ0) is 17.1. The van der Waals surface area contributed by atoms with E-state index in [9.17, 15) is 4.79 Å². The van der Waals surface area contributed by atoms with Gasteiger partial charge in [-0.25, -0.2) is 0 Å². The summed E-state index contributed by atoms with van der Waals surface area (Å²) in [6.45, 7) is 4.95. The molecule has 128 valence electrons. The smallest absolute Gasteiger partial charge is 0.236 e. The molecule has 3 rings (SSSR count). The van der Waals surface area contributed by atoms with Gasteiger partial charge in [-0.1, -0.05) is 23.7 Å². The number of hydrogen-bond acceptors (Lipinski definition) is 4. The Hall–Kier alpha value is -1.69. The molecular weight excluding hydrogens is 324 g/mol. The molecule has 1 aliphatic rings. The zero-order valence-corrected chi connectivity index (χ0v) is 15.0. The molecule has 2 heterocycles. The molecule has 1 amide bonds. The highest BCUT2D eigenvalue weighted by molar-refractivity contribution is 6.32. The quantitative estimate of drug-likeness (QED) is 0.850. The summed E-state index contributed by atoms with van der Waals surface area (Å²) in [7, 11) is 3.60. The molecule has 1 aromatic carbocycles. The van der Waals surface area contributed by atoms with Crippen molar-refractivity contribution in [3.63, 3.8) is 0 Å². The van der Waals surface area contributed by atoms with E-state index in [1.54, 1.807) is 19.0 Å². The Labute approximate surface area is 147 Å². The van der Waals surface area contributed by atoms with Crippen molar-refractivity contribution in [2.45, 2.75) is 6.54 Å². The van der Waals surface area contributed by atoms with Crippen molar-refractivity contribution < 1.29 is 4.79 Å². The first-order valence-electron chi connectivity index (χ1n) is 8.21. The number of halogens is 1. The number of pyridine rings is 1. The molecule has 0 N–H and O–H groups in total. The Morgan fingerprint density at radius 2 is 1.88 bits per heavy atom. The normalized spacial score (nSPS) is 16.5. The molecule has 0 radical (unpaired) electrons. The van der Waals surface area contributed by atoms with E-state index in [1.807, 2.05) is 24.4 Å². The fourth-order valence-electron chi connectivity index (χ4n) is 2.99. The van der Waals surface area contributed by atoms with Gasteiger partial charge in [0, 0.05) is 69.0 Å². The number of carbonyl (C=O) groups is 1. The number of amides is 1. The zero-order valence-electron chi connectivity index (χ0n) is 14.2. The van der Waals surface area contributed by atoms with Crippen LogP contribution in [0.15, 0.2) is 30.5 Å². The van der Waals surface area contributed by atoms with Crippen LogP contribution < -0.4 is 0 Å². The number of nitrogens with zero attached hydrogens (tertiary/aromatic N) is 4. The molecular formula is C18H23ClN4O. The summed E-state index contributed by atoms with van der Waals surface area (Å²) in [5.41, 5.74) is 2.07. The van der Waals surface area contributed by atoms with Crippen molar-refractivity contribution in [2.75, 3.05) is 46.8 Å². The molecule has 0 aliphatic carbocycles. The van der Waals surface area contributed by atoms with Crippen LogP contribution in [-0.2, 0) is 11.3 Å². The van der Waals surface area contributed by atoms with Crippen molar-refractivity contribution in [3.8, 4) is 0 Å². The van der Waals surface area contributed by atoms with E-state index in [-0.39, 0.29) is 5.91 Å². The van der Waals surface area contributed by atoms with E-state index < -0.39 is 0 Å². The predicted molar refractivity (Wildman–Crippen MR) is 97.2 cm³/mol. The molecule has 0 bridgehead atoms. The maximum atomic E-state index is 11.8. The molecule has 5 nitrogen and oxygen atoms in total. The summed E-state index contributed by atoms with van der Waals surface area (Å²) in [6, 6.07) is 7.97. The van der Waals surface area contributed by atoms with E-state index >= 15 is 0 Å². The monoisotopic (exact) mass is 346 g/mol. The van der Waals surface area contributed by atoms with Crippen LogP contribution in [0.5, 0.6) is 0 Å². The van der Waals surface area contributed by atoms with Gasteiger partial charge in [-0.2, -0.15) is 0 Å². The maximum absolute atomic E-state index is 11.8. The summed E-state index contributed by atoms with van der Waals surface area (Å²) in [5, 5.41) is 1.89. The first-order valence-corrected chi connectivity index (χ1v) is 8.59. The number of aromatic nitrogens is 1. The lowest BCUT2D eigenvalue weighted by Crippen LogP contribution is -2.48. The van der Waals surface area contributed by atoms with Crippen LogP contribution in [0.4, 0.5) is 0 Å². The minimum Gasteiger partial charge on any atom is -0.348 e. The third-order valence-electron chi connectivity index (χ3n) is 4.53. The lowest BCUT2D eigenvalue weighted by atomic mass is 10.1. The van der Waals surface area contributed by atoms with Gasteiger partial charge < -0.3 is 4.90 Å². The van der Waals surface area contributed by atoms with Crippen LogP contribution in [0.1, 0.15) is 5.56 Å². The van der Waals surface area contributed by atoms with Crippen molar-refractivity contribution >= 4 is 28.4 Å². The Morgan fingerprint density at radius 3 is 2.58 bits per heavy atom. The van der Waals surface area contributed by atoms with Crippen molar-refractivity contribution in [1.82, 2.24) is 19.7 Å². The van der Waals surface area contributed by atoms with E-state index in [1.165, 1.54) is 0 Å². The summed E-state index contributed by atoms with van der Waals surface area (Å²) in [4.78, 5) is 22.6. The highest BCUT2D eigenvalue weighted by Crippen LogP contribution is 2.26. The van der Waals surface area contributed by atoms with E-state index in [2.05, 4.69) is 20.9 Å². The summed E-state index contributed by atoms with van der Waals surface area (Å²) >= 11 is 6.43. The Kier molecular flexibility index (Phi) is 5.33. The molecule has 1 aliphatic heterocycles. The summed E-state index contributed by atoms with van der Waals surface area (Å²) in [6.07, 6.45) is 1.81. The molecule has 2 aromatic rings. The third kappa shape index (κ3) is 3.86. The number of benzene rings is 1. The SMILES string of the molecule is CN(C)C(=O)CN1CCN(Cc2c(Cl)ccc3cccnc23)CC1. The fourth-order valence-corrected chi connectivity index (χ4v) is 3.21. The lowest BCUT2D eigenvalue weighted by Gasteiger charge is -2.35. The van der Waals surface area contributed by atoms with Gasteiger partial charge in [0.25, 0.3) is 0 Å². The van der Waals surface area contributed by atoms with Crippen LogP contribution in [-0.4, -0.2) is 72.4 Å². The second-order valence-electron chi connectivity index (χ2n) is 6.44. The molecule has 0 unspecified atom stereocenters. The van der Waals surface area contributed by atoms with Gasteiger partial charge in [0.2, 0.25) is 5.91 Å². The van der Waals surface area contributed by atoms with Crippen LogP contribution in [0.2, 0.25) is 5.02 Å². The standard InChI is InChI=1S/C18H23ClN4O/c1-21(2)17(24)13-23-10-8-22(9-11-23)12-15-16(19)6-5-14-4-3-7-20-18(14)15/h3-7H,8-13H2,1-2H3. The van der Waals surface area contributed by atoms with E-state index in [0.717, 1.165) is 54.2 Å². The van der Waals surface area contributed by atoms with Gasteiger partial charge in [0.05, 0.1) is 12.1 Å². The second-order valence-corrected chi connectivity index (χ2v) is 6.85. The van der Waals surface area contributed by atoms with Gasteiger partial charge in [-0.3, -0.25) is 19.6 Å². The van der Waals surface area contributed by atoms with Crippen LogP contribution >= 0.6 is 11.6 Å². The van der Waals surface area contributed by atoms with Crippen molar-refractivity contribution in [2.24, 2.45) is 0 Å². The highest BCUT2D eigenvalue weighted by Gasteiger charge is 2.21. The minimum absolute atomic E-state index is 0.157. The summed E-state index contributed by atoms with van der Waals surface area (Å²) < 4.78 is 0. The minimum atomic E-state index is 0.157. The summed E-state index contributed by atoms with van der Waals surface area (Å²) in [5.74, 6) is 0.157. The Bertz CT molecular complexity index is 726. The lowest BCUT2D eigenvalue weighted by molar-refractivity contribution is -0.130. The van der Waals surface area contributed by atoms with Crippen molar-refractivity contribution in [3.05, 3.63) is 41.0 Å². The molecule has 1 fully saturated rings. The first-order chi connectivity index (χ1) is 11.5. The molecule has 6 heteroatoms. The number of fused-ring (bicyclic) bond motifs is 1. The van der Waals surface area contributed by atoms with E-state index in [4.69, 9.17) is 11.6 Å². The highest BCUT2D eigenvalue weighted by atomic mass is 35.5. The van der Waals surface area contributed by atoms with Gasteiger partial charge in [-0.15, -0.1) is 0 Å². The number of hydrogen-bond donors (Lipinski definition) is 0. The number of piperazine rings is 1. The van der Waals surface area contributed by atoms with Gasteiger partial charge in [0.15, 0.2) is 0 Å². The number of carbonyl (C=O) groups excluding carboxylic acids is 1. The number of rotatable bonds is 4. The first kappa shape index (κ1) is 17.1. The van der Waals surface area contributed by atoms with Crippen LogP contribution in [0.3, 0.4) is 0 Å². The van der Waals surface area contributed by atoms with Crippen LogP contribution in [0.25, 0.3) is 10.9 Å². The third-order valence-corrected chi connectivity index (χ3v) is 4.88. The molecule has 24 heavy (non-hydrogen) atoms. The molecule has 0 atom stereocenters. The van der Waals surface area contributed by atoms with Gasteiger partial charge in [-0.05, 0) is 12.1 Å². The van der Waals surface area contributed by atoms with Crippen molar-refractivity contribution in [1.29, 1.82) is 0 Å². The van der Waals surface area contributed by atoms with Gasteiger partial charge >= 0.3 is 0 Å².